The number of carbonyl (C=O) groups excluding carboxylic acids is 3. The number of carbonyl (C=O) groups is 3. The maximum atomic E-state index is 12.5. The Morgan fingerprint density at radius 3 is 2.37 bits per heavy atom. The number of hydrogen-bond acceptors (Lipinski definition) is 4. The molecular formula is C20H15N3O3S. The Morgan fingerprint density at radius 1 is 1.04 bits per heavy atom. The van der Waals surface area contributed by atoms with Gasteiger partial charge in [-0.15, -0.1) is 11.3 Å². The summed E-state index contributed by atoms with van der Waals surface area (Å²) in [6.07, 6.45) is 1.83. The van der Waals surface area contributed by atoms with Gasteiger partial charge in [0.1, 0.15) is 0 Å². The van der Waals surface area contributed by atoms with Gasteiger partial charge in [-0.3, -0.25) is 19.3 Å². The first-order chi connectivity index (χ1) is 13.0. The first-order valence-corrected chi connectivity index (χ1v) is 9.16. The van der Waals surface area contributed by atoms with E-state index >= 15 is 0 Å². The standard InChI is InChI=1S/C20H15N3O3S/c1-22-9-10-27-20(22)21-17(24)14-6-4-5-13(11-14)12-23-18(25)15-7-2-3-8-16(15)19(23)26/h2-11H,12H2,1H3. The van der Waals surface area contributed by atoms with E-state index in [4.69, 9.17) is 0 Å². The monoisotopic (exact) mass is 377 g/mol. The minimum absolute atomic E-state index is 0.111. The smallest absolute Gasteiger partial charge is 0.279 e. The fourth-order valence-electron chi connectivity index (χ4n) is 2.95. The largest absolute Gasteiger partial charge is 0.327 e. The number of benzene rings is 2. The number of aromatic nitrogens is 1. The lowest BCUT2D eigenvalue weighted by molar-refractivity contribution is 0.0642. The second-order valence-electron chi connectivity index (χ2n) is 6.16. The molecule has 3 amide bonds. The predicted molar refractivity (Wildman–Crippen MR) is 100 cm³/mol. The highest BCUT2D eigenvalue weighted by Crippen LogP contribution is 2.24. The molecule has 0 radical (unpaired) electrons. The van der Waals surface area contributed by atoms with Crippen LogP contribution < -0.4 is 4.80 Å². The molecule has 0 atom stereocenters. The average molecular weight is 377 g/mol. The van der Waals surface area contributed by atoms with Gasteiger partial charge < -0.3 is 4.57 Å². The Morgan fingerprint density at radius 2 is 1.74 bits per heavy atom. The Labute approximate surface area is 159 Å². The van der Waals surface area contributed by atoms with Gasteiger partial charge in [-0.05, 0) is 29.8 Å². The summed E-state index contributed by atoms with van der Waals surface area (Å²) in [5.74, 6) is -0.998. The van der Waals surface area contributed by atoms with Crippen molar-refractivity contribution in [2.75, 3.05) is 0 Å². The van der Waals surface area contributed by atoms with E-state index in [2.05, 4.69) is 4.99 Å². The normalized spacial score (nSPS) is 14.0. The summed E-state index contributed by atoms with van der Waals surface area (Å²) < 4.78 is 1.77. The highest BCUT2D eigenvalue weighted by Gasteiger charge is 2.34. The van der Waals surface area contributed by atoms with Gasteiger partial charge in [0.2, 0.25) is 0 Å². The minimum atomic E-state index is -0.364. The zero-order chi connectivity index (χ0) is 19.0. The molecule has 27 heavy (non-hydrogen) atoms. The first kappa shape index (κ1) is 17.1. The lowest BCUT2D eigenvalue weighted by Crippen LogP contribution is -2.29. The molecule has 1 aliphatic heterocycles. The van der Waals surface area contributed by atoms with Crippen molar-refractivity contribution in [1.82, 2.24) is 9.47 Å². The summed E-state index contributed by atoms with van der Waals surface area (Å²) in [5, 5.41) is 1.85. The average Bonchev–Trinajstić information content (AvgIpc) is 3.19. The maximum absolute atomic E-state index is 12.5. The zero-order valence-corrected chi connectivity index (χ0v) is 15.3. The molecule has 2 heterocycles. The van der Waals surface area contributed by atoms with Crippen LogP contribution in [-0.2, 0) is 13.6 Å². The van der Waals surface area contributed by atoms with Crippen molar-refractivity contribution >= 4 is 29.1 Å². The first-order valence-electron chi connectivity index (χ1n) is 8.28. The van der Waals surface area contributed by atoms with Gasteiger partial charge in [0, 0.05) is 24.2 Å². The lowest BCUT2D eigenvalue weighted by Gasteiger charge is -2.14. The Hall–Kier alpha value is -3.32. The summed E-state index contributed by atoms with van der Waals surface area (Å²) in [6, 6.07) is 13.6. The van der Waals surface area contributed by atoms with E-state index in [0.29, 0.717) is 27.1 Å². The number of nitrogens with zero attached hydrogens (tertiary/aromatic N) is 3. The number of amides is 3. The van der Waals surface area contributed by atoms with Gasteiger partial charge in [-0.2, -0.15) is 4.99 Å². The van der Waals surface area contributed by atoms with Crippen molar-refractivity contribution in [3.8, 4) is 0 Å². The van der Waals surface area contributed by atoms with Gasteiger partial charge in [0.15, 0.2) is 4.80 Å². The molecule has 0 saturated heterocycles. The van der Waals surface area contributed by atoms with Crippen LogP contribution in [0.2, 0.25) is 0 Å². The van der Waals surface area contributed by atoms with Crippen LogP contribution in [0.15, 0.2) is 65.1 Å². The number of thiazole rings is 1. The Kier molecular flexibility index (Phi) is 4.29. The number of rotatable bonds is 3. The van der Waals surface area contributed by atoms with Crippen LogP contribution in [0, 0.1) is 0 Å². The van der Waals surface area contributed by atoms with E-state index in [1.165, 1.54) is 16.2 Å². The molecule has 2 aromatic carbocycles. The van der Waals surface area contributed by atoms with Crippen molar-refractivity contribution in [2.45, 2.75) is 6.54 Å². The molecule has 1 aliphatic rings. The van der Waals surface area contributed by atoms with Gasteiger partial charge in [-0.1, -0.05) is 24.3 Å². The lowest BCUT2D eigenvalue weighted by atomic mass is 10.1. The summed E-state index contributed by atoms with van der Waals surface area (Å²) in [5.41, 5.74) is 1.93. The molecule has 4 rings (SSSR count). The van der Waals surface area contributed by atoms with Gasteiger partial charge >= 0.3 is 0 Å². The van der Waals surface area contributed by atoms with E-state index in [0.717, 1.165) is 0 Å². The van der Waals surface area contributed by atoms with Crippen LogP contribution in [0.1, 0.15) is 36.6 Å². The summed E-state index contributed by atoms with van der Waals surface area (Å²) in [7, 11) is 1.82. The summed E-state index contributed by atoms with van der Waals surface area (Å²) in [4.78, 5) is 43.4. The second kappa shape index (κ2) is 6.77. The number of hydrogen-bond donors (Lipinski definition) is 0. The third kappa shape index (κ3) is 3.13. The van der Waals surface area contributed by atoms with Crippen LogP contribution >= 0.6 is 11.3 Å². The fourth-order valence-corrected chi connectivity index (χ4v) is 3.68. The number of aryl methyl sites for hydroxylation is 1. The molecule has 0 N–H and O–H groups in total. The third-order valence-electron chi connectivity index (χ3n) is 4.35. The molecule has 3 aromatic rings. The molecule has 134 valence electrons. The summed E-state index contributed by atoms with van der Waals surface area (Å²) >= 11 is 1.37. The molecule has 0 fully saturated rings. The highest BCUT2D eigenvalue weighted by atomic mass is 32.1. The minimum Gasteiger partial charge on any atom is -0.327 e. The number of fused-ring (bicyclic) bond motifs is 1. The van der Waals surface area contributed by atoms with Crippen molar-refractivity contribution in [3.05, 3.63) is 87.2 Å². The van der Waals surface area contributed by atoms with Gasteiger partial charge in [0.25, 0.3) is 17.7 Å². The molecule has 0 spiro atoms. The van der Waals surface area contributed by atoms with Crippen molar-refractivity contribution in [3.63, 3.8) is 0 Å². The highest BCUT2D eigenvalue weighted by molar-refractivity contribution is 7.07. The third-order valence-corrected chi connectivity index (χ3v) is 5.20. The topological polar surface area (TPSA) is 71.7 Å². The van der Waals surface area contributed by atoms with E-state index in [1.54, 1.807) is 53.1 Å². The SMILES string of the molecule is Cn1ccsc1=NC(=O)c1cccc(CN2C(=O)c3ccccc3C2=O)c1. The van der Waals surface area contributed by atoms with Crippen LogP contribution in [0.4, 0.5) is 0 Å². The number of imide groups is 1. The van der Waals surface area contributed by atoms with Crippen LogP contribution in [0.3, 0.4) is 0 Å². The Bertz CT molecular complexity index is 1110. The van der Waals surface area contributed by atoms with Crippen LogP contribution in [0.5, 0.6) is 0 Å². The molecule has 0 saturated carbocycles. The van der Waals surface area contributed by atoms with E-state index in [-0.39, 0.29) is 24.3 Å². The Balaban J connectivity index is 1.59. The predicted octanol–water partition coefficient (Wildman–Crippen LogP) is 2.62. The van der Waals surface area contributed by atoms with Crippen molar-refractivity contribution in [1.29, 1.82) is 0 Å². The van der Waals surface area contributed by atoms with Crippen LogP contribution in [-0.4, -0.2) is 27.2 Å². The summed E-state index contributed by atoms with van der Waals surface area (Å²) in [6.45, 7) is 0.111. The molecular weight excluding hydrogens is 362 g/mol. The molecule has 0 unspecified atom stereocenters. The molecule has 1 aromatic heterocycles. The zero-order valence-electron chi connectivity index (χ0n) is 14.5. The molecule has 7 heteroatoms. The van der Waals surface area contributed by atoms with Crippen molar-refractivity contribution in [2.24, 2.45) is 12.0 Å². The van der Waals surface area contributed by atoms with E-state index in [1.807, 2.05) is 18.6 Å². The maximum Gasteiger partial charge on any atom is 0.279 e. The molecule has 0 bridgehead atoms. The van der Waals surface area contributed by atoms with Gasteiger partial charge in [-0.25, -0.2) is 0 Å². The van der Waals surface area contributed by atoms with Gasteiger partial charge in [0.05, 0.1) is 17.7 Å². The fraction of sp³-hybridized carbons (Fsp3) is 0.100. The quantitative estimate of drug-likeness (QED) is 0.659. The second-order valence-corrected chi connectivity index (χ2v) is 7.03. The van der Waals surface area contributed by atoms with E-state index in [9.17, 15) is 14.4 Å². The molecule has 0 aliphatic carbocycles. The van der Waals surface area contributed by atoms with Crippen molar-refractivity contribution < 1.29 is 14.4 Å². The van der Waals surface area contributed by atoms with Crippen LogP contribution in [0.25, 0.3) is 0 Å². The van der Waals surface area contributed by atoms with E-state index < -0.39 is 0 Å². The molecule has 6 nitrogen and oxygen atoms in total.